The Labute approximate surface area is 757 Å². The van der Waals surface area contributed by atoms with Gasteiger partial charge in [0, 0.05) is 75.9 Å². The highest BCUT2D eigenvalue weighted by Crippen LogP contribution is 2.40. The summed E-state index contributed by atoms with van der Waals surface area (Å²) >= 11 is 0. The molecule has 6 aliphatic heterocycles. The van der Waals surface area contributed by atoms with Crippen LogP contribution in [0.25, 0.3) is 6.08 Å². The van der Waals surface area contributed by atoms with E-state index in [9.17, 15) is 74.3 Å². The molecule has 5 N–H and O–H groups in total. The van der Waals surface area contributed by atoms with E-state index in [1.165, 1.54) is 71.4 Å². The number of rotatable bonds is 24. The normalized spacial score (nSPS) is 16.1. The molecule has 686 valence electrons. The third kappa shape index (κ3) is 22.9. The van der Waals surface area contributed by atoms with E-state index in [4.69, 9.17) is 39.7 Å². The van der Waals surface area contributed by atoms with Gasteiger partial charge < -0.3 is 64.2 Å². The van der Waals surface area contributed by atoms with Crippen molar-refractivity contribution in [1.29, 1.82) is 0 Å². The smallest absolute Gasteiger partial charge is 0.422 e. The van der Waals surface area contributed by atoms with E-state index < -0.39 is 85.0 Å². The number of carboxylic acids is 5. The first kappa shape index (κ1) is 95.3. The molecular formula is C102H98F6N6O18. The van der Waals surface area contributed by atoms with Gasteiger partial charge in [0.05, 0.1) is 75.5 Å². The van der Waals surface area contributed by atoms with Crippen molar-refractivity contribution in [2.45, 2.75) is 148 Å². The summed E-state index contributed by atoms with van der Waals surface area (Å²) in [7, 11) is 0. The van der Waals surface area contributed by atoms with Crippen LogP contribution in [-0.4, -0.2) is 142 Å². The van der Waals surface area contributed by atoms with E-state index in [1.54, 1.807) is 159 Å². The fourth-order valence-electron chi connectivity index (χ4n) is 16.5. The highest BCUT2D eigenvalue weighted by Gasteiger charge is 2.37. The van der Waals surface area contributed by atoms with Gasteiger partial charge in [0.1, 0.15) is 11.5 Å². The monoisotopic (exact) mass is 1810 g/mol. The minimum atomic E-state index is -4.45. The summed E-state index contributed by atoms with van der Waals surface area (Å²) in [6.45, 7) is 15.3. The third-order valence-corrected chi connectivity index (χ3v) is 24.6. The molecule has 1 saturated heterocycles. The topological polar surface area (TPSA) is 319 Å². The number of nitrogens with zero attached hydrogens (tertiary/aromatic N) is 6. The van der Waals surface area contributed by atoms with E-state index in [2.05, 4.69) is 29.7 Å². The van der Waals surface area contributed by atoms with Gasteiger partial charge in [-0.3, -0.25) is 52.8 Å². The first-order valence-electron chi connectivity index (χ1n) is 43.0. The molecule has 30 heteroatoms. The summed E-state index contributed by atoms with van der Waals surface area (Å²) in [6.07, 6.45) is -0.718. The van der Waals surface area contributed by atoms with Crippen molar-refractivity contribution in [1.82, 2.24) is 4.90 Å². The maximum absolute atomic E-state index is 13.0. The molecule has 5 atom stereocenters. The lowest BCUT2D eigenvalue weighted by Gasteiger charge is -2.26. The van der Waals surface area contributed by atoms with Crippen LogP contribution in [0.4, 0.5) is 54.8 Å². The predicted octanol–water partition coefficient (Wildman–Crippen LogP) is 19.3. The molecule has 0 bridgehead atoms. The van der Waals surface area contributed by atoms with Crippen LogP contribution in [0.1, 0.15) is 214 Å². The minimum absolute atomic E-state index is 0.00198. The summed E-state index contributed by atoms with van der Waals surface area (Å²) in [5, 5.41) is 45.4. The number of carboxylic acid groups (broad SMARTS) is 5. The first-order valence-corrected chi connectivity index (χ1v) is 43.0. The van der Waals surface area contributed by atoms with Gasteiger partial charge in [-0.15, -0.1) is 0 Å². The number of amides is 5. The average Bonchev–Trinajstić information content (AvgIpc) is 1.67. The molecule has 2 fully saturated rings. The number of hydrogen-bond donors (Lipinski definition) is 5. The molecule has 10 aromatic carbocycles. The molecule has 7 aliphatic rings. The molecule has 5 unspecified atom stereocenters. The Morgan fingerprint density at radius 2 is 0.682 bits per heavy atom. The summed E-state index contributed by atoms with van der Waals surface area (Å²) in [5.41, 5.74) is 17.6. The van der Waals surface area contributed by atoms with Crippen molar-refractivity contribution in [2.75, 3.05) is 64.0 Å². The Hall–Kier alpha value is -14.3. The maximum Gasteiger partial charge on any atom is 0.422 e. The second-order valence-corrected chi connectivity index (χ2v) is 33.5. The molecule has 1 saturated carbocycles. The number of carbonyl (C=O) groups is 10. The summed E-state index contributed by atoms with van der Waals surface area (Å²) in [6, 6.07) is 61.5. The number of morpholine rings is 1. The Bertz CT molecular complexity index is 5940. The largest absolute Gasteiger partial charge is 0.484 e. The van der Waals surface area contributed by atoms with Crippen LogP contribution in [0.15, 0.2) is 219 Å². The fourth-order valence-corrected chi connectivity index (χ4v) is 16.5. The number of aliphatic carboxylic acids is 5. The van der Waals surface area contributed by atoms with E-state index in [0.717, 1.165) is 118 Å². The quantitative estimate of drug-likeness (QED) is 0.0351. The van der Waals surface area contributed by atoms with Crippen molar-refractivity contribution in [3.05, 3.63) is 319 Å². The number of anilines is 5. The van der Waals surface area contributed by atoms with Gasteiger partial charge in [-0.05, 0) is 228 Å². The lowest BCUT2D eigenvalue weighted by atomic mass is 9.95. The molecule has 0 aromatic heterocycles. The zero-order valence-electron chi connectivity index (χ0n) is 73.0. The van der Waals surface area contributed by atoms with Crippen molar-refractivity contribution >= 4 is 93.9 Å². The predicted molar refractivity (Wildman–Crippen MR) is 482 cm³/mol. The number of hydrogen-bond acceptors (Lipinski definition) is 14. The van der Waals surface area contributed by atoms with E-state index >= 15 is 0 Å². The highest BCUT2D eigenvalue weighted by atomic mass is 19.4. The van der Waals surface area contributed by atoms with Crippen LogP contribution in [-0.2, 0) is 74.4 Å². The summed E-state index contributed by atoms with van der Waals surface area (Å²) in [4.78, 5) is 129. The first-order chi connectivity index (χ1) is 62.9. The molecule has 17 rings (SSSR count). The van der Waals surface area contributed by atoms with Gasteiger partial charge in [0.15, 0.2) is 13.2 Å². The summed E-state index contributed by atoms with van der Waals surface area (Å²) in [5.74, 6) is -7.29. The van der Waals surface area contributed by atoms with Crippen molar-refractivity contribution in [3.8, 4) is 11.5 Å². The Kier molecular flexibility index (Phi) is 29.8. The van der Waals surface area contributed by atoms with Crippen LogP contribution in [0.5, 0.6) is 11.5 Å². The number of halogens is 6. The molecule has 132 heavy (non-hydrogen) atoms. The van der Waals surface area contributed by atoms with Crippen molar-refractivity contribution in [3.63, 3.8) is 0 Å². The molecule has 24 nitrogen and oxygen atoms in total. The summed E-state index contributed by atoms with van der Waals surface area (Å²) < 4.78 is 88.5. The fraction of sp³-hybridized carbons (Fsp3) is 0.294. The van der Waals surface area contributed by atoms with Crippen molar-refractivity contribution in [2.24, 2.45) is 5.92 Å². The highest BCUT2D eigenvalue weighted by molar-refractivity contribution is 6.13. The van der Waals surface area contributed by atoms with Crippen LogP contribution in [0.2, 0.25) is 0 Å². The van der Waals surface area contributed by atoms with Crippen LogP contribution < -0.4 is 34.0 Å². The molecule has 10 aromatic rings. The van der Waals surface area contributed by atoms with Gasteiger partial charge in [-0.1, -0.05) is 141 Å². The number of ether oxygens (including phenoxy) is 3. The SMILES string of the molecule is C=Cc1ccc2c(c1)C(=O)N(c1ccc(C(C)C(=O)O)cc1)C2.CC(C(=O)O)c1ccc(N2Cc3cc(CC4CCCC4)ccc3C2=O)cc1.CC(C(=O)O)c1ccc(N2Cc3cc(OCC(F)(F)F)ccc3C2=O)cc1.CC(C(=O)O)c1ccc(N2Cc3ccc(CN4CCOCC4)cc3C2=O)cc1.CC(C(=O)O)c1ccc(N2Cc3ccc(OCC(F)(F)F)cc3C2=O)cc1. The molecule has 6 heterocycles. The Morgan fingerprint density at radius 3 is 1.05 bits per heavy atom. The molecule has 0 spiro atoms. The standard InChI is InChI=1S/C23H25NO3.C22H24N2O4.2C19H16F3NO4.C19H17NO3/c1-15(23(26)27)18-7-9-20(10-8-18)24-14-19-13-17(6-11-21(19)22(24)25)12-16-4-2-3-5-16;1-15(22(26)27)17-4-6-19(7-5-17)24-14-18-3-2-16(12-20(18)21(24)25)13-23-8-10-28-11-9-23;1-11(18(25)26)12-2-5-14(6-3-12)23-9-13-4-7-15(8-16(13)17(23)24)27-10-19(20,21)22;1-11(18(25)26)12-2-4-14(5-3-12)23-9-13-8-15(27-10-19(20,21)22)6-7-16(13)17(23)24;1-3-13-4-5-15-11-20(18(21)17(15)10-13)16-8-6-14(7-9-16)12(2)19(22)23/h6-11,13,15-16H,2-5,12,14H2,1H3,(H,26,27);2-7,12,15H,8-11,13-14H2,1H3,(H,26,27);2*2-8,11H,9-10H2,1H3,(H,25,26);3-10,12H,1,11H2,2H3,(H,22,23). The maximum atomic E-state index is 13.0. The Balaban J connectivity index is 0.000000140. The molecular weight excluding hydrogens is 1710 g/mol. The number of benzene rings is 10. The van der Waals surface area contributed by atoms with Gasteiger partial charge in [-0.2, -0.15) is 26.3 Å². The van der Waals surface area contributed by atoms with Crippen LogP contribution >= 0.6 is 0 Å². The van der Waals surface area contributed by atoms with Gasteiger partial charge >= 0.3 is 42.2 Å². The molecule has 0 radical (unpaired) electrons. The average molecular weight is 1810 g/mol. The minimum Gasteiger partial charge on any atom is -0.484 e. The number of fused-ring (bicyclic) bond motifs is 5. The van der Waals surface area contributed by atoms with E-state index in [1.807, 2.05) is 60.7 Å². The number of carbonyl (C=O) groups excluding carboxylic acids is 5. The Morgan fingerprint density at radius 1 is 0.379 bits per heavy atom. The molecule has 5 amide bonds. The zero-order valence-corrected chi connectivity index (χ0v) is 73.0. The van der Waals surface area contributed by atoms with E-state index in [-0.39, 0.29) is 59.7 Å². The van der Waals surface area contributed by atoms with Gasteiger partial charge in [0.2, 0.25) is 0 Å². The molecule has 1 aliphatic carbocycles. The lowest BCUT2D eigenvalue weighted by molar-refractivity contribution is -0.154. The van der Waals surface area contributed by atoms with Crippen molar-refractivity contribution < 1.29 is 114 Å². The second kappa shape index (κ2) is 41.2. The van der Waals surface area contributed by atoms with Gasteiger partial charge in [-0.25, -0.2) is 0 Å². The second-order valence-electron chi connectivity index (χ2n) is 33.5. The van der Waals surface area contributed by atoms with Crippen LogP contribution in [0, 0.1) is 5.92 Å². The zero-order chi connectivity index (χ0) is 94.7. The third-order valence-electron chi connectivity index (χ3n) is 24.6. The number of alkyl halides is 6. The van der Waals surface area contributed by atoms with E-state index in [0.29, 0.717) is 64.4 Å². The van der Waals surface area contributed by atoms with Gasteiger partial charge in [0.25, 0.3) is 29.5 Å². The lowest BCUT2D eigenvalue weighted by Crippen LogP contribution is -2.35. The van der Waals surface area contributed by atoms with Crippen LogP contribution in [0.3, 0.4) is 0 Å².